The summed E-state index contributed by atoms with van der Waals surface area (Å²) < 4.78 is 1.76. The highest BCUT2D eigenvalue weighted by atomic mass is 32.2. The van der Waals surface area contributed by atoms with Crippen molar-refractivity contribution in [1.29, 1.82) is 0 Å². The molecule has 2 heterocycles. The van der Waals surface area contributed by atoms with Gasteiger partial charge in [-0.15, -0.1) is 11.8 Å². The molecular formula is C22H20N4OS. The second kappa shape index (κ2) is 7.48. The van der Waals surface area contributed by atoms with E-state index in [1.807, 2.05) is 80.8 Å². The molecule has 5 nitrogen and oxygen atoms in total. The van der Waals surface area contributed by atoms with Gasteiger partial charge in [-0.2, -0.15) is 5.10 Å². The van der Waals surface area contributed by atoms with E-state index in [1.165, 1.54) is 11.8 Å². The van der Waals surface area contributed by atoms with E-state index in [4.69, 9.17) is 0 Å². The average Bonchev–Trinajstić information content (AvgIpc) is 3.08. The van der Waals surface area contributed by atoms with Crippen LogP contribution in [0.2, 0.25) is 0 Å². The van der Waals surface area contributed by atoms with Gasteiger partial charge < -0.3 is 5.32 Å². The standard InChI is InChI=1S/C22H20N4OS/c1-14-9-11-17(12-10-14)24-21(27)19-20-23-15(2)13-18(16-7-5-4-6-8-16)26(20)25-22(19)28-3/h4-13H,1-3H3,(H,24,27). The van der Waals surface area contributed by atoms with Gasteiger partial charge in [-0.25, -0.2) is 9.50 Å². The van der Waals surface area contributed by atoms with Crippen molar-refractivity contribution < 1.29 is 4.79 Å². The fraction of sp³-hybridized carbons (Fsp3) is 0.136. The second-order valence-corrected chi connectivity index (χ2v) is 7.38. The van der Waals surface area contributed by atoms with E-state index in [0.717, 1.165) is 28.2 Å². The molecule has 0 bridgehead atoms. The summed E-state index contributed by atoms with van der Waals surface area (Å²) in [5.41, 5.74) is 5.72. The molecule has 1 amide bonds. The van der Waals surface area contributed by atoms with Crippen LogP contribution in [0, 0.1) is 13.8 Å². The summed E-state index contributed by atoms with van der Waals surface area (Å²) in [6.07, 6.45) is 1.92. The Labute approximate surface area is 167 Å². The van der Waals surface area contributed by atoms with Crippen molar-refractivity contribution in [2.24, 2.45) is 0 Å². The van der Waals surface area contributed by atoms with Gasteiger partial charge >= 0.3 is 0 Å². The summed E-state index contributed by atoms with van der Waals surface area (Å²) >= 11 is 1.44. The molecule has 0 atom stereocenters. The van der Waals surface area contributed by atoms with Crippen molar-refractivity contribution in [2.75, 3.05) is 11.6 Å². The van der Waals surface area contributed by atoms with Crippen LogP contribution >= 0.6 is 11.8 Å². The number of rotatable bonds is 4. The highest BCUT2D eigenvalue weighted by Gasteiger charge is 2.23. The van der Waals surface area contributed by atoms with E-state index in [-0.39, 0.29) is 5.91 Å². The van der Waals surface area contributed by atoms with Crippen LogP contribution in [-0.4, -0.2) is 26.8 Å². The van der Waals surface area contributed by atoms with Gasteiger partial charge in [-0.05, 0) is 38.3 Å². The number of carbonyl (C=O) groups excluding carboxylic acids is 1. The fourth-order valence-corrected chi connectivity index (χ4v) is 3.66. The Balaban J connectivity index is 1.85. The Kier molecular flexibility index (Phi) is 4.88. The Morgan fingerprint density at radius 2 is 1.75 bits per heavy atom. The minimum absolute atomic E-state index is 0.208. The van der Waals surface area contributed by atoms with Gasteiger partial charge in [-0.3, -0.25) is 4.79 Å². The lowest BCUT2D eigenvalue weighted by Crippen LogP contribution is -2.13. The molecule has 2 aromatic carbocycles. The molecule has 0 saturated heterocycles. The van der Waals surface area contributed by atoms with Gasteiger partial charge in [-0.1, -0.05) is 48.0 Å². The van der Waals surface area contributed by atoms with Crippen LogP contribution in [0.25, 0.3) is 16.9 Å². The molecule has 0 spiro atoms. The van der Waals surface area contributed by atoms with Crippen molar-refractivity contribution >= 4 is 29.0 Å². The van der Waals surface area contributed by atoms with Crippen LogP contribution in [0.3, 0.4) is 0 Å². The van der Waals surface area contributed by atoms with E-state index in [1.54, 1.807) is 4.52 Å². The Bertz CT molecular complexity index is 1150. The number of hydrogen-bond acceptors (Lipinski definition) is 4. The monoisotopic (exact) mass is 388 g/mol. The Morgan fingerprint density at radius 3 is 2.43 bits per heavy atom. The number of aryl methyl sites for hydroxylation is 2. The van der Waals surface area contributed by atoms with Crippen molar-refractivity contribution in [3.63, 3.8) is 0 Å². The number of benzene rings is 2. The number of carbonyl (C=O) groups is 1. The number of nitrogens with one attached hydrogen (secondary N) is 1. The first-order valence-electron chi connectivity index (χ1n) is 8.94. The summed E-state index contributed by atoms with van der Waals surface area (Å²) in [4.78, 5) is 17.7. The molecule has 0 radical (unpaired) electrons. The number of amides is 1. The quantitative estimate of drug-likeness (QED) is 0.501. The third kappa shape index (κ3) is 3.39. The van der Waals surface area contributed by atoms with Crippen LogP contribution in [0.1, 0.15) is 21.6 Å². The summed E-state index contributed by atoms with van der Waals surface area (Å²) in [6.45, 7) is 3.94. The van der Waals surface area contributed by atoms with Crippen LogP contribution in [0.15, 0.2) is 65.7 Å². The maximum atomic E-state index is 13.1. The molecule has 6 heteroatoms. The molecule has 2 aromatic heterocycles. The maximum Gasteiger partial charge on any atom is 0.262 e. The van der Waals surface area contributed by atoms with Crippen LogP contribution < -0.4 is 5.32 Å². The molecule has 140 valence electrons. The van der Waals surface area contributed by atoms with Gasteiger partial charge in [0, 0.05) is 16.9 Å². The highest BCUT2D eigenvalue weighted by molar-refractivity contribution is 7.98. The molecule has 0 unspecified atom stereocenters. The second-order valence-electron chi connectivity index (χ2n) is 6.59. The summed E-state index contributed by atoms with van der Waals surface area (Å²) in [5, 5.41) is 8.31. The van der Waals surface area contributed by atoms with E-state index < -0.39 is 0 Å². The Hall–Kier alpha value is -3.12. The summed E-state index contributed by atoms with van der Waals surface area (Å²) in [7, 11) is 0. The molecule has 0 aliphatic heterocycles. The minimum Gasteiger partial charge on any atom is -0.322 e. The number of thioether (sulfide) groups is 1. The number of aromatic nitrogens is 3. The van der Waals surface area contributed by atoms with Gasteiger partial charge in [0.2, 0.25) is 0 Å². The predicted octanol–water partition coefficient (Wildman–Crippen LogP) is 4.99. The number of anilines is 1. The number of nitrogens with zero attached hydrogens (tertiary/aromatic N) is 3. The lowest BCUT2D eigenvalue weighted by atomic mass is 10.1. The fourth-order valence-electron chi connectivity index (χ4n) is 3.11. The van der Waals surface area contributed by atoms with Gasteiger partial charge in [0.1, 0.15) is 10.6 Å². The molecule has 0 aliphatic carbocycles. The predicted molar refractivity (Wildman–Crippen MR) is 114 cm³/mol. The van der Waals surface area contributed by atoms with E-state index in [2.05, 4.69) is 15.4 Å². The van der Waals surface area contributed by atoms with Crippen molar-refractivity contribution in [3.8, 4) is 11.3 Å². The van der Waals surface area contributed by atoms with Gasteiger partial charge in [0.25, 0.3) is 5.91 Å². The smallest absolute Gasteiger partial charge is 0.262 e. The Morgan fingerprint density at radius 1 is 1.04 bits per heavy atom. The molecule has 4 rings (SSSR count). The summed E-state index contributed by atoms with van der Waals surface area (Å²) in [6, 6.07) is 19.7. The third-order valence-corrected chi connectivity index (χ3v) is 5.16. The van der Waals surface area contributed by atoms with E-state index in [9.17, 15) is 4.79 Å². The largest absolute Gasteiger partial charge is 0.322 e. The van der Waals surface area contributed by atoms with E-state index >= 15 is 0 Å². The molecule has 1 N–H and O–H groups in total. The van der Waals surface area contributed by atoms with Crippen LogP contribution in [-0.2, 0) is 0 Å². The normalized spacial score (nSPS) is 11.0. The minimum atomic E-state index is -0.208. The number of hydrogen-bond donors (Lipinski definition) is 1. The van der Waals surface area contributed by atoms with Crippen LogP contribution in [0.5, 0.6) is 0 Å². The van der Waals surface area contributed by atoms with E-state index in [0.29, 0.717) is 16.2 Å². The first kappa shape index (κ1) is 18.3. The zero-order chi connectivity index (χ0) is 19.7. The van der Waals surface area contributed by atoms with Crippen molar-refractivity contribution in [2.45, 2.75) is 18.9 Å². The molecule has 28 heavy (non-hydrogen) atoms. The van der Waals surface area contributed by atoms with Gasteiger partial charge in [0.15, 0.2) is 5.65 Å². The van der Waals surface area contributed by atoms with Crippen molar-refractivity contribution in [1.82, 2.24) is 14.6 Å². The molecular weight excluding hydrogens is 368 g/mol. The first-order chi connectivity index (χ1) is 13.6. The zero-order valence-corrected chi connectivity index (χ0v) is 16.7. The maximum absolute atomic E-state index is 13.1. The molecule has 0 saturated carbocycles. The zero-order valence-electron chi connectivity index (χ0n) is 15.9. The molecule has 0 aliphatic rings. The average molecular weight is 388 g/mol. The van der Waals surface area contributed by atoms with Crippen LogP contribution in [0.4, 0.5) is 5.69 Å². The van der Waals surface area contributed by atoms with Crippen molar-refractivity contribution in [3.05, 3.63) is 77.5 Å². The first-order valence-corrected chi connectivity index (χ1v) is 10.2. The molecule has 0 fully saturated rings. The lowest BCUT2D eigenvalue weighted by Gasteiger charge is -2.08. The third-order valence-electron chi connectivity index (χ3n) is 4.48. The van der Waals surface area contributed by atoms with Gasteiger partial charge in [0.05, 0.1) is 5.69 Å². The molecule has 4 aromatic rings. The lowest BCUT2D eigenvalue weighted by molar-refractivity contribution is 0.102. The topological polar surface area (TPSA) is 59.3 Å². The SMILES string of the molecule is CSc1nn2c(-c3ccccc3)cc(C)nc2c1C(=O)Nc1ccc(C)cc1. The highest BCUT2D eigenvalue weighted by Crippen LogP contribution is 2.28. The number of fused-ring (bicyclic) bond motifs is 1. The summed E-state index contributed by atoms with van der Waals surface area (Å²) in [5.74, 6) is -0.208.